The largest absolute Gasteiger partial charge is 0.445 e. The molecule has 13 nitrogen and oxygen atoms in total. The van der Waals surface area contributed by atoms with Crippen LogP contribution in [0.4, 0.5) is 10.5 Å². The average Bonchev–Trinajstić information content (AvgIpc) is 2.90. The smallest absolute Gasteiger partial charge is 0.410 e. The van der Waals surface area contributed by atoms with Gasteiger partial charge < -0.3 is 40.7 Å². The highest BCUT2D eigenvalue weighted by atomic mass is 16.6. The molecule has 0 aromatic heterocycles. The number of likely N-dealkylation sites (N-methyl/N-ethyl adjacent to an activating group) is 1. The van der Waals surface area contributed by atoms with Gasteiger partial charge in [0, 0.05) is 25.6 Å². The molecule has 2 rings (SSSR count). The van der Waals surface area contributed by atoms with Gasteiger partial charge >= 0.3 is 6.09 Å². The lowest BCUT2D eigenvalue weighted by Crippen LogP contribution is -2.52. The molecule has 13 heteroatoms. The van der Waals surface area contributed by atoms with E-state index < -0.39 is 36.1 Å². The highest BCUT2D eigenvalue weighted by Gasteiger charge is 2.29. The number of hydrogen-bond acceptors (Lipinski definition) is 8. The summed E-state index contributed by atoms with van der Waals surface area (Å²) in [6, 6.07) is 5.68. The van der Waals surface area contributed by atoms with Crippen molar-refractivity contribution in [2.24, 2.45) is 5.92 Å². The normalized spacial score (nSPS) is 17.5. The number of ether oxygens (including phenoxy) is 2. The van der Waals surface area contributed by atoms with Crippen LogP contribution < -0.4 is 21.3 Å². The lowest BCUT2D eigenvalue weighted by atomic mass is 10.0. The number of hydrogen-bond donors (Lipinski definition) is 5. The first-order chi connectivity index (χ1) is 18.5. The Balaban J connectivity index is 1.78. The first-order valence-corrected chi connectivity index (χ1v) is 12.9. The number of carbonyl (C=O) groups excluding carboxylic acids is 5. The number of nitrogens with one attached hydrogen (secondary N) is 4. The van der Waals surface area contributed by atoms with Crippen LogP contribution in [0, 0.1) is 5.92 Å². The minimum atomic E-state index is -0.873. The lowest BCUT2D eigenvalue weighted by molar-refractivity contribution is -0.143. The van der Waals surface area contributed by atoms with E-state index in [1.54, 1.807) is 43.0 Å². The van der Waals surface area contributed by atoms with Crippen molar-refractivity contribution in [1.29, 1.82) is 0 Å². The number of aliphatic hydroxyl groups excluding tert-OH is 1. The van der Waals surface area contributed by atoms with Crippen molar-refractivity contribution in [2.75, 3.05) is 31.6 Å². The summed E-state index contributed by atoms with van der Waals surface area (Å²) in [6.45, 7) is 6.81. The predicted molar refractivity (Wildman–Crippen MR) is 141 cm³/mol. The summed E-state index contributed by atoms with van der Waals surface area (Å²) >= 11 is 0. The number of rotatable bonds is 12. The zero-order chi connectivity index (χ0) is 28.9. The standard InChI is InChI=1S/C26H39N5O8/c1-5-31(20-10-11-23(35)38-15-20)26(37)39-14-18-6-8-19(9-7-18)29-21(33)13-28-25(36)24(16(2)3)30-22(34)12-27-17(4)32/h6-9,16,20,23-24,35H,5,10-15H2,1-4H3,(H,27,32)(H,28,36)(H,29,33)(H,30,34)/t20-,23-,24+/m1/s1. The third kappa shape index (κ3) is 10.9. The van der Waals surface area contributed by atoms with Crippen LogP contribution in [0.5, 0.6) is 0 Å². The molecule has 1 aliphatic heterocycles. The topological polar surface area (TPSA) is 175 Å². The number of aliphatic hydroxyl groups is 1. The van der Waals surface area contributed by atoms with Crippen LogP contribution in [0.15, 0.2) is 24.3 Å². The number of nitrogens with zero attached hydrogens (tertiary/aromatic N) is 1. The molecule has 0 saturated carbocycles. The first-order valence-electron chi connectivity index (χ1n) is 12.9. The molecule has 5 N–H and O–H groups in total. The summed E-state index contributed by atoms with van der Waals surface area (Å²) in [4.78, 5) is 61.9. The van der Waals surface area contributed by atoms with Gasteiger partial charge in [0.25, 0.3) is 0 Å². The molecule has 0 radical (unpaired) electrons. The maximum absolute atomic E-state index is 12.5. The fourth-order valence-corrected chi connectivity index (χ4v) is 3.86. The maximum Gasteiger partial charge on any atom is 0.410 e. The second-order valence-electron chi connectivity index (χ2n) is 9.52. The van der Waals surface area contributed by atoms with Gasteiger partial charge in [-0.15, -0.1) is 0 Å². The Bertz CT molecular complexity index is 993. The maximum atomic E-state index is 12.5. The fourth-order valence-electron chi connectivity index (χ4n) is 3.86. The van der Waals surface area contributed by atoms with Crippen LogP contribution in [0.3, 0.4) is 0 Å². The molecule has 5 amide bonds. The van der Waals surface area contributed by atoms with Gasteiger partial charge in [-0.25, -0.2) is 4.79 Å². The summed E-state index contributed by atoms with van der Waals surface area (Å²) in [5.74, 6) is -2.11. The highest BCUT2D eigenvalue weighted by molar-refractivity contribution is 5.96. The predicted octanol–water partition coefficient (Wildman–Crippen LogP) is 0.474. The third-order valence-corrected chi connectivity index (χ3v) is 6.03. The lowest BCUT2D eigenvalue weighted by Gasteiger charge is -2.34. The van der Waals surface area contributed by atoms with Crippen LogP contribution in [-0.2, 0) is 35.3 Å². The van der Waals surface area contributed by atoms with E-state index in [9.17, 15) is 29.1 Å². The van der Waals surface area contributed by atoms with E-state index in [2.05, 4.69) is 21.3 Å². The minimum absolute atomic E-state index is 0.0417. The molecule has 1 fully saturated rings. The van der Waals surface area contributed by atoms with E-state index in [0.29, 0.717) is 25.1 Å². The third-order valence-electron chi connectivity index (χ3n) is 6.03. The summed E-state index contributed by atoms with van der Waals surface area (Å²) in [5, 5.41) is 19.6. The van der Waals surface area contributed by atoms with Crippen molar-refractivity contribution in [1.82, 2.24) is 20.9 Å². The molecule has 1 aliphatic rings. The van der Waals surface area contributed by atoms with Crippen molar-refractivity contribution in [2.45, 2.75) is 65.5 Å². The molecule has 39 heavy (non-hydrogen) atoms. The highest BCUT2D eigenvalue weighted by Crippen LogP contribution is 2.18. The van der Waals surface area contributed by atoms with Gasteiger partial charge in [-0.1, -0.05) is 26.0 Å². The molecule has 0 bridgehead atoms. The second kappa shape index (κ2) is 15.6. The molecular formula is C26H39N5O8. The van der Waals surface area contributed by atoms with Gasteiger partial charge in [0.2, 0.25) is 23.6 Å². The average molecular weight is 550 g/mol. The molecule has 0 aliphatic carbocycles. The Morgan fingerprint density at radius 3 is 2.28 bits per heavy atom. The van der Waals surface area contributed by atoms with Crippen molar-refractivity contribution >= 4 is 35.4 Å². The monoisotopic (exact) mass is 549 g/mol. The van der Waals surface area contributed by atoms with Crippen LogP contribution in [0.25, 0.3) is 0 Å². The van der Waals surface area contributed by atoms with Crippen molar-refractivity contribution in [3.8, 4) is 0 Å². The molecule has 1 aromatic rings. The van der Waals surface area contributed by atoms with E-state index >= 15 is 0 Å². The van der Waals surface area contributed by atoms with E-state index in [4.69, 9.17) is 9.47 Å². The zero-order valence-electron chi connectivity index (χ0n) is 22.8. The summed E-state index contributed by atoms with van der Waals surface area (Å²) in [7, 11) is 0. The van der Waals surface area contributed by atoms with Crippen LogP contribution >= 0.6 is 0 Å². The zero-order valence-corrected chi connectivity index (χ0v) is 22.8. The minimum Gasteiger partial charge on any atom is -0.445 e. The van der Waals surface area contributed by atoms with E-state index in [-0.39, 0.29) is 44.2 Å². The second-order valence-corrected chi connectivity index (χ2v) is 9.52. The van der Waals surface area contributed by atoms with Gasteiger partial charge in [-0.2, -0.15) is 0 Å². The summed E-state index contributed by atoms with van der Waals surface area (Å²) in [5.41, 5.74) is 1.21. The van der Waals surface area contributed by atoms with Gasteiger partial charge in [-0.05, 0) is 37.0 Å². The van der Waals surface area contributed by atoms with E-state index in [1.807, 2.05) is 6.92 Å². The molecule has 216 valence electrons. The molecule has 1 saturated heterocycles. The Morgan fingerprint density at radius 2 is 1.72 bits per heavy atom. The molecule has 1 aromatic carbocycles. The molecule has 0 unspecified atom stereocenters. The van der Waals surface area contributed by atoms with Gasteiger partial charge in [0.05, 0.1) is 25.7 Å². The number of amides is 5. The quantitative estimate of drug-likeness (QED) is 0.250. The summed E-state index contributed by atoms with van der Waals surface area (Å²) < 4.78 is 10.7. The fraction of sp³-hybridized carbons (Fsp3) is 0.577. The van der Waals surface area contributed by atoms with Crippen molar-refractivity contribution < 1.29 is 38.6 Å². The Morgan fingerprint density at radius 1 is 1.05 bits per heavy atom. The van der Waals surface area contributed by atoms with Crippen molar-refractivity contribution in [3.05, 3.63) is 29.8 Å². The molecular weight excluding hydrogens is 510 g/mol. The number of carbonyl (C=O) groups is 5. The van der Waals surface area contributed by atoms with Gasteiger partial charge in [-0.3, -0.25) is 19.2 Å². The van der Waals surface area contributed by atoms with Crippen LogP contribution in [0.2, 0.25) is 0 Å². The molecule has 1 heterocycles. The summed E-state index contributed by atoms with van der Waals surface area (Å²) in [6.07, 6.45) is -0.176. The van der Waals surface area contributed by atoms with Crippen molar-refractivity contribution in [3.63, 3.8) is 0 Å². The van der Waals surface area contributed by atoms with Gasteiger partial charge in [0.15, 0.2) is 6.29 Å². The number of benzene rings is 1. The molecule has 3 atom stereocenters. The van der Waals surface area contributed by atoms with E-state index in [0.717, 1.165) is 5.56 Å². The van der Waals surface area contributed by atoms with Crippen LogP contribution in [-0.4, -0.2) is 84.3 Å². The SMILES string of the molecule is CCN(C(=O)OCc1ccc(NC(=O)CNC(=O)[C@@H](NC(=O)CNC(C)=O)C(C)C)cc1)[C@@H]1CC[C@H](O)OC1. The first kappa shape index (κ1) is 31.5. The Labute approximate surface area is 228 Å². The van der Waals surface area contributed by atoms with Crippen LogP contribution in [0.1, 0.15) is 46.1 Å². The van der Waals surface area contributed by atoms with Gasteiger partial charge in [0.1, 0.15) is 12.6 Å². The number of anilines is 1. The Hall–Kier alpha value is -3.71. The van der Waals surface area contributed by atoms with E-state index in [1.165, 1.54) is 6.92 Å². The molecule has 0 spiro atoms. The Kier molecular flexibility index (Phi) is 12.6.